The predicted octanol–water partition coefficient (Wildman–Crippen LogP) is 2.77. The molecule has 2 aromatic rings. The molecular formula is C18H22BrN3O4S. The molecule has 0 bridgehead atoms. The largest absolute Gasteiger partial charge is 0.361 e. The van der Waals surface area contributed by atoms with Crippen LogP contribution in [-0.4, -0.2) is 36.9 Å². The van der Waals surface area contributed by atoms with Gasteiger partial charge in [-0.15, -0.1) is 0 Å². The van der Waals surface area contributed by atoms with Crippen molar-refractivity contribution in [3.63, 3.8) is 0 Å². The molecule has 0 spiro atoms. The van der Waals surface area contributed by atoms with E-state index < -0.39 is 10.0 Å². The second-order valence-electron chi connectivity index (χ2n) is 6.68. The van der Waals surface area contributed by atoms with E-state index in [0.717, 1.165) is 15.7 Å². The molecule has 1 aromatic heterocycles. The minimum absolute atomic E-state index is 0.147. The van der Waals surface area contributed by atoms with Gasteiger partial charge in [0.15, 0.2) is 0 Å². The van der Waals surface area contributed by atoms with Crippen LogP contribution in [0.1, 0.15) is 29.9 Å². The van der Waals surface area contributed by atoms with E-state index in [4.69, 9.17) is 4.52 Å². The summed E-state index contributed by atoms with van der Waals surface area (Å²) in [6, 6.07) is 6.54. The minimum atomic E-state index is -3.61. The van der Waals surface area contributed by atoms with Crippen LogP contribution in [-0.2, 0) is 21.4 Å². The number of sulfonamides is 1. The summed E-state index contributed by atoms with van der Waals surface area (Å²) >= 11 is 3.31. The third-order valence-electron chi connectivity index (χ3n) is 4.83. The number of nitrogens with one attached hydrogen (secondary N) is 1. The van der Waals surface area contributed by atoms with Crippen LogP contribution in [0.4, 0.5) is 0 Å². The van der Waals surface area contributed by atoms with Crippen LogP contribution in [0.25, 0.3) is 0 Å². The van der Waals surface area contributed by atoms with Gasteiger partial charge in [0.25, 0.3) is 0 Å². The Kier molecular flexibility index (Phi) is 6.02. The molecular weight excluding hydrogens is 434 g/mol. The second-order valence-corrected chi connectivity index (χ2v) is 9.53. The maximum atomic E-state index is 12.9. The van der Waals surface area contributed by atoms with Crippen LogP contribution >= 0.6 is 15.9 Å². The first-order chi connectivity index (χ1) is 12.8. The highest BCUT2D eigenvalue weighted by atomic mass is 79.9. The molecule has 9 heteroatoms. The lowest BCUT2D eigenvalue weighted by Gasteiger charge is -2.31. The quantitative estimate of drug-likeness (QED) is 0.747. The molecule has 1 saturated heterocycles. The Morgan fingerprint density at radius 2 is 2.04 bits per heavy atom. The Labute approximate surface area is 167 Å². The lowest BCUT2D eigenvalue weighted by molar-refractivity contribution is -0.126. The van der Waals surface area contributed by atoms with Gasteiger partial charge >= 0.3 is 0 Å². The van der Waals surface area contributed by atoms with Crippen molar-refractivity contribution in [2.24, 2.45) is 5.92 Å². The van der Waals surface area contributed by atoms with Gasteiger partial charge in [-0.05, 0) is 51.0 Å². The lowest BCUT2D eigenvalue weighted by Crippen LogP contribution is -2.45. The fraction of sp³-hybridized carbons (Fsp3) is 0.444. The van der Waals surface area contributed by atoms with Gasteiger partial charge in [-0.2, -0.15) is 4.31 Å². The molecule has 3 rings (SSSR count). The number of carbonyl (C=O) groups is 1. The monoisotopic (exact) mass is 455 g/mol. The summed E-state index contributed by atoms with van der Waals surface area (Å²) in [5.41, 5.74) is 1.61. The van der Waals surface area contributed by atoms with Crippen LogP contribution in [0.5, 0.6) is 0 Å². The highest BCUT2D eigenvalue weighted by Crippen LogP contribution is 2.25. The van der Waals surface area contributed by atoms with Crippen molar-refractivity contribution in [1.82, 2.24) is 14.8 Å². The van der Waals surface area contributed by atoms with Gasteiger partial charge in [-0.25, -0.2) is 8.42 Å². The van der Waals surface area contributed by atoms with Crippen LogP contribution < -0.4 is 5.32 Å². The number of amides is 1. The van der Waals surface area contributed by atoms with Gasteiger partial charge < -0.3 is 9.84 Å². The maximum absolute atomic E-state index is 12.9. The Balaban J connectivity index is 1.66. The smallest absolute Gasteiger partial charge is 0.243 e. The molecule has 1 amide bonds. The summed E-state index contributed by atoms with van der Waals surface area (Å²) in [5, 5.41) is 6.76. The number of aromatic nitrogens is 1. The summed E-state index contributed by atoms with van der Waals surface area (Å²) in [7, 11) is -3.61. The average Bonchev–Trinajstić information content (AvgIpc) is 2.98. The van der Waals surface area contributed by atoms with Crippen molar-refractivity contribution < 1.29 is 17.7 Å². The summed E-state index contributed by atoms with van der Waals surface area (Å²) in [4.78, 5) is 12.8. The van der Waals surface area contributed by atoms with Crippen LogP contribution in [0.3, 0.4) is 0 Å². The molecule has 2 heterocycles. The molecule has 0 saturated carbocycles. The lowest BCUT2D eigenvalue weighted by atomic mass is 9.98. The van der Waals surface area contributed by atoms with Crippen molar-refractivity contribution in [2.45, 2.75) is 38.1 Å². The van der Waals surface area contributed by atoms with Crippen molar-refractivity contribution in [3.8, 4) is 0 Å². The van der Waals surface area contributed by atoms with Gasteiger partial charge in [0.05, 0.1) is 16.5 Å². The molecule has 1 N–H and O–H groups in total. The van der Waals surface area contributed by atoms with Crippen molar-refractivity contribution in [3.05, 3.63) is 45.8 Å². The first-order valence-corrected chi connectivity index (χ1v) is 11.0. The Morgan fingerprint density at radius 1 is 1.33 bits per heavy atom. The molecule has 1 aliphatic rings. The molecule has 1 atom stereocenters. The number of hydrogen-bond donors (Lipinski definition) is 1. The van der Waals surface area contributed by atoms with E-state index >= 15 is 0 Å². The van der Waals surface area contributed by atoms with Gasteiger partial charge in [0.1, 0.15) is 5.76 Å². The summed E-state index contributed by atoms with van der Waals surface area (Å²) < 4.78 is 33.0. The Hall–Kier alpha value is -1.71. The molecule has 0 aliphatic carbocycles. The van der Waals surface area contributed by atoms with Gasteiger partial charge in [0.2, 0.25) is 15.9 Å². The number of nitrogens with zero attached hydrogens (tertiary/aromatic N) is 2. The van der Waals surface area contributed by atoms with Gasteiger partial charge in [-0.1, -0.05) is 21.1 Å². The minimum Gasteiger partial charge on any atom is -0.361 e. The number of halogens is 1. The van der Waals surface area contributed by atoms with Gasteiger partial charge in [0, 0.05) is 29.7 Å². The van der Waals surface area contributed by atoms with Gasteiger partial charge in [-0.3, -0.25) is 4.79 Å². The van der Waals surface area contributed by atoms with E-state index in [1.165, 1.54) is 4.31 Å². The van der Waals surface area contributed by atoms with E-state index in [9.17, 15) is 13.2 Å². The first kappa shape index (κ1) is 20.0. The summed E-state index contributed by atoms with van der Waals surface area (Å²) in [6.07, 6.45) is 1.32. The first-order valence-electron chi connectivity index (χ1n) is 8.74. The SMILES string of the molecule is Cc1noc(C)c1CNC(=O)C1CCCN(S(=O)(=O)c2ccc(Br)cc2)C1. The van der Waals surface area contributed by atoms with Crippen molar-refractivity contribution in [1.29, 1.82) is 0 Å². The zero-order chi connectivity index (χ0) is 19.6. The third-order valence-corrected chi connectivity index (χ3v) is 7.23. The van der Waals surface area contributed by atoms with Crippen molar-refractivity contribution >= 4 is 31.9 Å². The Morgan fingerprint density at radius 3 is 2.67 bits per heavy atom. The predicted molar refractivity (Wildman–Crippen MR) is 103 cm³/mol. The summed E-state index contributed by atoms with van der Waals surface area (Å²) in [6.45, 7) is 4.56. The number of carbonyl (C=O) groups excluding carboxylic acids is 1. The van der Waals surface area contributed by atoms with Crippen LogP contribution in [0, 0.1) is 19.8 Å². The molecule has 0 radical (unpaired) electrons. The molecule has 1 unspecified atom stereocenters. The van der Waals surface area contributed by atoms with E-state index in [-0.39, 0.29) is 23.3 Å². The van der Waals surface area contributed by atoms with Crippen LogP contribution in [0.2, 0.25) is 0 Å². The molecule has 27 heavy (non-hydrogen) atoms. The molecule has 1 aliphatic heterocycles. The Bertz CT molecular complexity index is 905. The molecule has 146 valence electrons. The zero-order valence-corrected chi connectivity index (χ0v) is 17.6. The van der Waals surface area contributed by atoms with E-state index in [2.05, 4.69) is 26.4 Å². The van der Waals surface area contributed by atoms with E-state index in [1.54, 1.807) is 31.2 Å². The number of piperidine rings is 1. The third kappa shape index (κ3) is 4.41. The fourth-order valence-electron chi connectivity index (χ4n) is 3.20. The van der Waals surface area contributed by atoms with E-state index in [1.807, 2.05) is 6.92 Å². The highest BCUT2D eigenvalue weighted by molar-refractivity contribution is 9.10. The number of hydrogen-bond acceptors (Lipinski definition) is 5. The maximum Gasteiger partial charge on any atom is 0.243 e. The van der Waals surface area contributed by atoms with E-state index in [0.29, 0.717) is 31.7 Å². The topological polar surface area (TPSA) is 92.5 Å². The number of rotatable bonds is 5. The normalized spacial score (nSPS) is 18.4. The number of benzene rings is 1. The fourth-order valence-corrected chi connectivity index (χ4v) is 4.99. The molecule has 1 fully saturated rings. The zero-order valence-electron chi connectivity index (χ0n) is 15.2. The highest BCUT2D eigenvalue weighted by Gasteiger charge is 2.33. The summed E-state index contributed by atoms with van der Waals surface area (Å²) in [5.74, 6) is 0.158. The van der Waals surface area contributed by atoms with Crippen LogP contribution in [0.15, 0.2) is 38.2 Å². The standard InChI is InChI=1S/C18H22BrN3O4S/c1-12-17(13(2)26-21-12)10-20-18(23)14-4-3-9-22(11-14)27(24,25)16-7-5-15(19)6-8-16/h5-8,14H,3-4,9-11H2,1-2H3,(H,20,23). The average molecular weight is 456 g/mol. The second kappa shape index (κ2) is 8.12. The van der Waals surface area contributed by atoms with Crippen molar-refractivity contribution in [2.75, 3.05) is 13.1 Å². The molecule has 1 aromatic carbocycles. The molecule has 7 nitrogen and oxygen atoms in total. The number of aryl methyl sites for hydroxylation is 2.